The summed E-state index contributed by atoms with van der Waals surface area (Å²) in [4.78, 5) is 0. The van der Waals surface area contributed by atoms with Gasteiger partial charge in [0, 0.05) is 20.2 Å². The number of fused-ring (bicyclic) bond motifs is 7. The van der Waals surface area contributed by atoms with E-state index in [9.17, 15) is 0 Å². The van der Waals surface area contributed by atoms with Crippen LogP contribution in [0.2, 0.25) is 0 Å². The summed E-state index contributed by atoms with van der Waals surface area (Å²) in [7, 11) is 0. The van der Waals surface area contributed by atoms with E-state index in [1.165, 1.54) is 126 Å². The standard InChI is InChI=1S/C42H52S2/c1-27(2)9-7-11-29(5)13-15-31-17-19-33-23-37-39(25-35(33)21-31)43-42-38-24-34-20-18-32(16-14-30(6)12-8-10-28(3)4)22-36(34)26-40(38)44-41(37)42/h17-30H,7-16H2,1-6H3/t29-,30?/m1/s1. The van der Waals surface area contributed by atoms with E-state index in [-0.39, 0.29) is 0 Å². The van der Waals surface area contributed by atoms with Gasteiger partial charge in [0.2, 0.25) is 0 Å². The Morgan fingerprint density at radius 2 is 0.886 bits per heavy atom. The van der Waals surface area contributed by atoms with Gasteiger partial charge in [0.25, 0.3) is 0 Å². The third kappa shape index (κ3) is 7.34. The minimum Gasteiger partial charge on any atom is -0.134 e. The third-order valence-corrected chi connectivity index (χ3v) is 12.4. The normalized spacial score (nSPS) is 13.9. The van der Waals surface area contributed by atoms with Gasteiger partial charge in [-0.15, -0.1) is 22.7 Å². The van der Waals surface area contributed by atoms with Gasteiger partial charge in [-0.3, -0.25) is 0 Å². The topological polar surface area (TPSA) is 0 Å². The summed E-state index contributed by atoms with van der Waals surface area (Å²) in [5.74, 6) is 3.26. The van der Waals surface area contributed by atoms with Crippen molar-refractivity contribution < 1.29 is 0 Å². The molecule has 0 N–H and O–H groups in total. The zero-order valence-corrected chi connectivity index (χ0v) is 29.6. The molecule has 0 spiro atoms. The molecule has 0 aliphatic carbocycles. The second-order valence-electron chi connectivity index (χ2n) is 14.9. The Bertz CT molecular complexity index is 1730. The minimum absolute atomic E-state index is 0.806. The van der Waals surface area contributed by atoms with Gasteiger partial charge in [-0.25, -0.2) is 0 Å². The molecule has 0 aliphatic heterocycles. The van der Waals surface area contributed by atoms with Crippen LogP contribution >= 0.6 is 22.7 Å². The van der Waals surface area contributed by atoms with Gasteiger partial charge in [0.05, 0.1) is 9.40 Å². The lowest BCUT2D eigenvalue weighted by atomic mass is 9.93. The highest BCUT2D eigenvalue weighted by molar-refractivity contribution is 7.36. The molecule has 2 heteroatoms. The molecule has 4 aromatic carbocycles. The highest BCUT2D eigenvalue weighted by atomic mass is 32.1. The monoisotopic (exact) mass is 620 g/mol. The molecule has 2 heterocycles. The number of benzene rings is 4. The van der Waals surface area contributed by atoms with Gasteiger partial charge < -0.3 is 0 Å². The lowest BCUT2D eigenvalue weighted by Crippen LogP contribution is -1.99. The molecule has 2 atom stereocenters. The Morgan fingerprint density at radius 3 is 1.30 bits per heavy atom. The lowest BCUT2D eigenvalue weighted by molar-refractivity contribution is 0.437. The zero-order chi connectivity index (χ0) is 30.8. The van der Waals surface area contributed by atoms with Crippen LogP contribution < -0.4 is 0 Å². The Balaban J connectivity index is 1.20. The van der Waals surface area contributed by atoms with Gasteiger partial charge in [-0.05, 0) is 106 Å². The molecule has 6 aromatic rings. The maximum Gasteiger partial charge on any atom is 0.0542 e. The third-order valence-electron chi connectivity index (χ3n) is 9.93. The highest BCUT2D eigenvalue weighted by Crippen LogP contribution is 2.46. The molecule has 1 unspecified atom stereocenters. The number of rotatable bonds is 14. The largest absolute Gasteiger partial charge is 0.134 e. The molecule has 0 bridgehead atoms. The first kappa shape index (κ1) is 31.6. The molecule has 0 amide bonds. The van der Waals surface area contributed by atoms with Gasteiger partial charge in [0.1, 0.15) is 0 Å². The molecule has 0 fully saturated rings. The second kappa shape index (κ2) is 13.9. The fourth-order valence-corrected chi connectivity index (χ4v) is 9.71. The molecule has 44 heavy (non-hydrogen) atoms. The average Bonchev–Trinajstić information content (AvgIpc) is 3.51. The van der Waals surface area contributed by atoms with Crippen LogP contribution in [0.4, 0.5) is 0 Å². The summed E-state index contributed by atoms with van der Waals surface area (Å²) in [5, 5.41) is 8.40. The van der Waals surface area contributed by atoms with Crippen LogP contribution in [0.3, 0.4) is 0 Å². The van der Waals surface area contributed by atoms with E-state index in [1.807, 2.05) is 22.7 Å². The first-order valence-electron chi connectivity index (χ1n) is 17.5. The van der Waals surface area contributed by atoms with Crippen LogP contribution in [0.25, 0.3) is 51.1 Å². The molecule has 0 saturated carbocycles. The number of hydrogen-bond acceptors (Lipinski definition) is 2. The summed E-state index contributed by atoms with van der Waals surface area (Å²) in [6.45, 7) is 14.2. The number of aryl methyl sites for hydroxylation is 2. The fraction of sp³-hybridized carbons (Fsp3) is 0.476. The lowest BCUT2D eigenvalue weighted by Gasteiger charge is -2.12. The minimum atomic E-state index is 0.806. The molecule has 2 aromatic heterocycles. The number of thiophene rings is 2. The van der Waals surface area contributed by atoms with Crippen LogP contribution in [0.15, 0.2) is 60.7 Å². The van der Waals surface area contributed by atoms with Crippen molar-refractivity contribution in [3.63, 3.8) is 0 Å². The van der Waals surface area contributed by atoms with Gasteiger partial charge in [0.15, 0.2) is 0 Å². The van der Waals surface area contributed by atoms with E-state index in [2.05, 4.69) is 102 Å². The molecule has 0 nitrogen and oxygen atoms in total. The summed E-state index contributed by atoms with van der Waals surface area (Å²) in [5.41, 5.74) is 2.98. The predicted octanol–water partition coefficient (Wildman–Crippen LogP) is 14.4. The summed E-state index contributed by atoms with van der Waals surface area (Å²) >= 11 is 3.98. The van der Waals surface area contributed by atoms with Gasteiger partial charge in [-0.2, -0.15) is 0 Å². The van der Waals surface area contributed by atoms with Crippen molar-refractivity contribution in [2.75, 3.05) is 0 Å². The fourth-order valence-electron chi connectivity index (χ4n) is 7.02. The Labute approximate surface area is 273 Å². The van der Waals surface area contributed by atoms with Crippen LogP contribution in [-0.2, 0) is 12.8 Å². The summed E-state index contributed by atoms with van der Waals surface area (Å²) in [6.07, 6.45) is 13.1. The first-order valence-corrected chi connectivity index (χ1v) is 19.1. The van der Waals surface area contributed by atoms with E-state index in [1.54, 1.807) is 0 Å². The molecule has 0 aliphatic rings. The van der Waals surface area contributed by atoms with Crippen molar-refractivity contribution in [3.8, 4) is 0 Å². The average molecular weight is 621 g/mol. The van der Waals surface area contributed by atoms with Crippen molar-refractivity contribution in [1.29, 1.82) is 0 Å². The first-order chi connectivity index (χ1) is 21.2. The van der Waals surface area contributed by atoms with E-state index in [0.717, 1.165) is 23.7 Å². The Hall–Kier alpha value is -2.42. The van der Waals surface area contributed by atoms with E-state index in [0.29, 0.717) is 0 Å². The second-order valence-corrected chi connectivity index (χ2v) is 17.0. The zero-order valence-electron chi connectivity index (χ0n) is 28.0. The molecule has 0 radical (unpaired) electrons. The Kier molecular flexibility index (Phi) is 9.98. The number of hydrogen-bond donors (Lipinski definition) is 0. The van der Waals surface area contributed by atoms with Crippen LogP contribution in [0.1, 0.15) is 104 Å². The van der Waals surface area contributed by atoms with Gasteiger partial charge >= 0.3 is 0 Å². The van der Waals surface area contributed by atoms with Crippen molar-refractivity contribution >= 4 is 73.8 Å². The molecule has 6 rings (SSSR count). The van der Waals surface area contributed by atoms with Crippen molar-refractivity contribution in [2.24, 2.45) is 23.7 Å². The molecular weight excluding hydrogens is 569 g/mol. The van der Waals surface area contributed by atoms with Crippen LogP contribution in [-0.4, -0.2) is 0 Å². The van der Waals surface area contributed by atoms with E-state index in [4.69, 9.17) is 0 Å². The van der Waals surface area contributed by atoms with Crippen LogP contribution in [0.5, 0.6) is 0 Å². The summed E-state index contributed by atoms with van der Waals surface area (Å²) < 4.78 is 5.79. The quantitative estimate of drug-likeness (QED) is 0.114. The van der Waals surface area contributed by atoms with E-state index < -0.39 is 0 Å². The van der Waals surface area contributed by atoms with Crippen molar-refractivity contribution in [1.82, 2.24) is 0 Å². The smallest absolute Gasteiger partial charge is 0.0542 e. The van der Waals surface area contributed by atoms with Crippen LogP contribution in [0, 0.1) is 23.7 Å². The predicted molar refractivity (Wildman–Crippen MR) is 202 cm³/mol. The molecule has 0 saturated heterocycles. The van der Waals surface area contributed by atoms with Crippen molar-refractivity contribution in [2.45, 2.75) is 106 Å². The highest BCUT2D eigenvalue weighted by Gasteiger charge is 2.15. The maximum atomic E-state index is 2.46. The molecular formula is C42H52S2. The van der Waals surface area contributed by atoms with Gasteiger partial charge in [-0.1, -0.05) is 116 Å². The SMILES string of the molecule is CC(C)CCCC(C)CCc1ccc2cc3c(cc2c1)sc1c2cc4ccc(CC[C@H](C)CCCC(C)C)cc4cc2sc31. The molecule has 232 valence electrons. The van der Waals surface area contributed by atoms with Crippen molar-refractivity contribution in [3.05, 3.63) is 71.8 Å². The summed E-state index contributed by atoms with van der Waals surface area (Å²) in [6, 6.07) is 24.2. The van der Waals surface area contributed by atoms with E-state index >= 15 is 0 Å². The maximum absolute atomic E-state index is 2.46. The Morgan fingerprint density at radius 1 is 0.455 bits per heavy atom.